The van der Waals surface area contributed by atoms with Crippen molar-refractivity contribution in [3.63, 3.8) is 0 Å². The van der Waals surface area contributed by atoms with Gasteiger partial charge in [0.1, 0.15) is 24.3 Å². The molecule has 2 aromatic heterocycles. The zero-order valence-electron chi connectivity index (χ0n) is 22.4. The Morgan fingerprint density at radius 2 is 1.12 bits per heavy atom. The molecule has 216 valence electrons. The molecule has 16 nitrogen and oxygen atoms in total. The fourth-order valence-electron chi connectivity index (χ4n) is 5.77. The van der Waals surface area contributed by atoms with Crippen LogP contribution in [-0.4, -0.2) is 104 Å². The second-order valence-electron chi connectivity index (χ2n) is 11.2. The minimum atomic E-state index is -1.04. The number of nitrogens with zero attached hydrogens (tertiary/aromatic N) is 6. The predicted molar refractivity (Wildman–Crippen MR) is 125 cm³/mol. The van der Waals surface area contributed by atoms with E-state index < -0.39 is 72.6 Å². The second-order valence-corrected chi connectivity index (χ2v) is 11.2. The minimum Gasteiger partial charge on any atom is -0.463 e. The number of carbonyl (C=O) groups excluding carboxylic acids is 2. The van der Waals surface area contributed by atoms with Crippen molar-refractivity contribution in [3.8, 4) is 0 Å². The third-order valence-corrected chi connectivity index (χ3v) is 7.43. The first-order valence-electron chi connectivity index (χ1n) is 13.2. The molecule has 0 N–H and O–H groups in total. The normalized spacial score (nSPS) is 38.4. The van der Waals surface area contributed by atoms with Gasteiger partial charge in [-0.1, -0.05) is 10.4 Å². The first-order valence-corrected chi connectivity index (χ1v) is 13.2. The molecule has 0 spiro atoms. The Bertz CT molecular complexity index is 1210. The lowest BCUT2D eigenvalue weighted by molar-refractivity contribution is -0.215. The number of hydrogen-bond acceptors (Lipinski definition) is 14. The first kappa shape index (κ1) is 25.9. The van der Waals surface area contributed by atoms with Gasteiger partial charge in [0.2, 0.25) is 0 Å². The summed E-state index contributed by atoms with van der Waals surface area (Å²) < 4.78 is 49.8. The second kappa shape index (κ2) is 9.25. The lowest BCUT2D eigenvalue weighted by atomic mass is 10.1. The third kappa shape index (κ3) is 4.48. The fraction of sp³-hybridized carbons (Fsp3) is 0.750. The number of cyclic esters (lactones) is 2. The number of hydrogen-bond donors (Lipinski definition) is 0. The van der Waals surface area contributed by atoms with Gasteiger partial charge in [0.05, 0.1) is 24.6 Å². The molecule has 2 aromatic rings. The van der Waals surface area contributed by atoms with Crippen molar-refractivity contribution in [1.82, 2.24) is 30.0 Å². The highest BCUT2D eigenvalue weighted by molar-refractivity contribution is 5.76. The van der Waals surface area contributed by atoms with Gasteiger partial charge in [0.25, 0.3) is 0 Å². The molecule has 5 aliphatic rings. The van der Waals surface area contributed by atoms with Crippen LogP contribution in [0.3, 0.4) is 0 Å². The Morgan fingerprint density at radius 3 is 1.55 bits per heavy atom. The van der Waals surface area contributed by atoms with Gasteiger partial charge >= 0.3 is 11.9 Å². The summed E-state index contributed by atoms with van der Waals surface area (Å²) in [7, 11) is 0. The smallest absolute Gasteiger partial charge is 0.337 e. The third-order valence-electron chi connectivity index (χ3n) is 7.43. The number of rotatable bonds is 0. The summed E-state index contributed by atoms with van der Waals surface area (Å²) in [6, 6.07) is -1.36. The van der Waals surface area contributed by atoms with Crippen LogP contribution in [0.4, 0.5) is 0 Å². The van der Waals surface area contributed by atoms with Crippen LogP contribution in [0.1, 0.15) is 51.2 Å². The number of esters is 2. The molecule has 0 amide bonds. The molecule has 0 aromatic carbocycles. The molecule has 5 aliphatic heterocycles. The summed E-state index contributed by atoms with van der Waals surface area (Å²) >= 11 is 0. The van der Waals surface area contributed by atoms with Crippen molar-refractivity contribution in [2.45, 2.75) is 101 Å². The SMILES string of the molecule is CC1(C)O[C@H]2O[C@@H]3C(=O)OCCc4cn(nn4)[C@@H]4[C@H]5OC(C)(C)O[C@H]5O[C@@H]4C(=O)OCCc4cn(nn4)[C@@H]3[C@H]2O1. The molecule has 8 atom stereocenters. The molecule has 4 fully saturated rings. The van der Waals surface area contributed by atoms with E-state index in [9.17, 15) is 9.59 Å². The molecule has 0 aliphatic carbocycles. The van der Waals surface area contributed by atoms with E-state index in [1.807, 2.05) is 0 Å². The summed E-state index contributed by atoms with van der Waals surface area (Å²) in [6.07, 6.45) is -1.00. The molecule has 7 heterocycles. The highest BCUT2D eigenvalue weighted by atomic mass is 16.8. The molecule has 40 heavy (non-hydrogen) atoms. The molecular weight excluding hydrogens is 532 g/mol. The van der Waals surface area contributed by atoms with Gasteiger partial charge in [0.15, 0.2) is 36.4 Å². The van der Waals surface area contributed by atoms with Crippen molar-refractivity contribution in [2.24, 2.45) is 0 Å². The average Bonchev–Trinajstić information content (AvgIpc) is 3.69. The van der Waals surface area contributed by atoms with Crippen molar-refractivity contribution in [2.75, 3.05) is 13.2 Å². The number of carbonyl (C=O) groups is 2. The van der Waals surface area contributed by atoms with Gasteiger partial charge < -0.3 is 37.9 Å². The van der Waals surface area contributed by atoms with Gasteiger partial charge in [-0.3, -0.25) is 0 Å². The van der Waals surface area contributed by atoms with Gasteiger partial charge in [-0.2, -0.15) is 0 Å². The lowest BCUT2D eigenvalue weighted by Crippen LogP contribution is -2.38. The molecule has 7 rings (SSSR count). The van der Waals surface area contributed by atoms with E-state index in [0.29, 0.717) is 11.4 Å². The van der Waals surface area contributed by atoms with Crippen LogP contribution in [0.2, 0.25) is 0 Å². The highest BCUT2D eigenvalue weighted by Gasteiger charge is 2.60. The maximum atomic E-state index is 13.2. The zero-order valence-corrected chi connectivity index (χ0v) is 22.4. The summed E-state index contributed by atoms with van der Waals surface area (Å²) in [6.45, 7) is 7.09. The number of fused-ring (bicyclic) bond motifs is 12. The van der Waals surface area contributed by atoms with Crippen LogP contribution in [0.25, 0.3) is 0 Å². The molecular formula is C24H30N6O10. The van der Waals surface area contributed by atoms with Gasteiger partial charge in [0, 0.05) is 25.2 Å². The van der Waals surface area contributed by atoms with Crippen molar-refractivity contribution >= 4 is 11.9 Å². The average molecular weight is 563 g/mol. The van der Waals surface area contributed by atoms with Gasteiger partial charge in [-0.15, -0.1) is 10.2 Å². The van der Waals surface area contributed by atoms with E-state index in [0.717, 1.165) is 0 Å². The largest absolute Gasteiger partial charge is 0.463 e. The highest BCUT2D eigenvalue weighted by Crippen LogP contribution is 2.44. The van der Waals surface area contributed by atoms with Crippen molar-refractivity contribution < 1.29 is 47.5 Å². The van der Waals surface area contributed by atoms with Crippen molar-refractivity contribution in [3.05, 3.63) is 23.8 Å². The van der Waals surface area contributed by atoms with Crippen LogP contribution in [0, 0.1) is 0 Å². The summed E-state index contributed by atoms with van der Waals surface area (Å²) in [5, 5.41) is 16.8. The summed E-state index contributed by atoms with van der Waals surface area (Å²) in [4.78, 5) is 26.3. The van der Waals surface area contributed by atoms with E-state index in [2.05, 4.69) is 20.6 Å². The molecule has 0 unspecified atom stereocenters. The number of aromatic nitrogens is 6. The Morgan fingerprint density at radius 1 is 0.700 bits per heavy atom. The van der Waals surface area contributed by atoms with Crippen LogP contribution in [0.15, 0.2) is 12.4 Å². The molecule has 4 bridgehead atoms. The molecule has 0 radical (unpaired) electrons. The topological polar surface area (TPSA) is 169 Å². The summed E-state index contributed by atoms with van der Waals surface area (Å²) in [5.41, 5.74) is 1.08. The van der Waals surface area contributed by atoms with Gasteiger partial charge in [-0.25, -0.2) is 19.0 Å². The Kier molecular flexibility index (Phi) is 5.99. The van der Waals surface area contributed by atoms with Crippen LogP contribution >= 0.6 is 0 Å². The minimum absolute atomic E-state index is 0.0145. The van der Waals surface area contributed by atoms with Crippen LogP contribution in [0.5, 0.6) is 0 Å². The Labute approximate surface area is 228 Å². The standard InChI is InChI=1S/C24H30N6O10/c1-23(2)37-17-13-15(35-21(17)39-23)19(31)33-7-6-12-10-30(28-26-12)14-16(36-22-18(14)38-24(3,4)40-22)20(32)34-8-5-11-9-29(13)27-25-11/h9-10,13-18,21-22H,5-8H2,1-4H3/t13-,14-,15-,16-,17+,18+,21+,22+/m0/s1. The summed E-state index contributed by atoms with van der Waals surface area (Å²) in [5.74, 6) is -2.97. The molecule has 0 saturated carbocycles. The Balaban J connectivity index is 1.16. The van der Waals surface area contributed by atoms with E-state index in [1.54, 1.807) is 40.1 Å². The predicted octanol–water partition coefficient (Wildman–Crippen LogP) is -0.410. The van der Waals surface area contributed by atoms with E-state index in [-0.39, 0.29) is 26.1 Å². The van der Waals surface area contributed by atoms with E-state index >= 15 is 0 Å². The first-order chi connectivity index (χ1) is 19.1. The Hall–Kier alpha value is -3.02. The van der Waals surface area contributed by atoms with Gasteiger partial charge in [-0.05, 0) is 27.7 Å². The number of ether oxygens (including phenoxy) is 8. The monoisotopic (exact) mass is 562 g/mol. The van der Waals surface area contributed by atoms with E-state index in [4.69, 9.17) is 37.9 Å². The quantitative estimate of drug-likeness (QED) is 0.380. The zero-order chi connectivity index (χ0) is 27.8. The lowest BCUT2D eigenvalue weighted by Gasteiger charge is -2.25. The molecule has 4 saturated heterocycles. The van der Waals surface area contributed by atoms with Crippen LogP contribution in [-0.2, 0) is 60.3 Å². The van der Waals surface area contributed by atoms with Crippen molar-refractivity contribution in [1.29, 1.82) is 0 Å². The maximum Gasteiger partial charge on any atom is 0.337 e. The molecule has 16 heteroatoms. The van der Waals surface area contributed by atoms with Crippen LogP contribution < -0.4 is 0 Å². The van der Waals surface area contributed by atoms with E-state index in [1.165, 1.54) is 9.36 Å². The fourth-order valence-corrected chi connectivity index (χ4v) is 5.77. The maximum absolute atomic E-state index is 13.2.